The minimum absolute atomic E-state index is 0.00725. The van der Waals surface area contributed by atoms with Gasteiger partial charge in [-0.25, -0.2) is 8.42 Å². The molecule has 0 fully saturated rings. The van der Waals surface area contributed by atoms with E-state index < -0.39 is 21.0 Å². The van der Waals surface area contributed by atoms with Crippen molar-refractivity contribution in [3.63, 3.8) is 0 Å². The molecule has 9 nitrogen and oxygen atoms in total. The lowest BCUT2D eigenvalue weighted by Crippen LogP contribution is -2.16. The van der Waals surface area contributed by atoms with Gasteiger partial charge in [-0.3, -0.25) is 10.1 Å². The van der Waals surface area contributed by atoms with Crippen molar-refractivity contribution >= 4 is 38.5 Å². The normalized spacial score (nSPS) is 11.7. The Balaban J connectivity index is 1.56. The fourth-order valence-corrected chi connectivity index (χ4v) is 4.70. The number of amides is 1. The van der Waals surface area contributed by atoms with Crippen LogP contribution in [0.1, 0.15) is 30.5 Å². The first kappa shape index (κ1) is 26.8. The summed E-state index contributed by atoms with van der Waals surface area (Å²) >= 11 is 0.732. The number of sulfone groups is 1. The first-order chi connectivity index (χ1) is 17.1. The molecule has 36 heavy (non-hydrogen) atoms. The Bertz CT molecular complexity index is 1400. The second-order valence-electron chi connectivity index (χ2n) is 8.13. The van der Waals surface area contributed by atoms with Gasteiger partial charge in [0.25, 0.3) is 11.1 Å². The van der Waals surface area contributed by atoms with Crippen molar-refractivity contribution in [1.82, 2.24) is 9.36 Å². The average molecular weight is 527 g/mol. The number of rotatable bonds is 10. The highest BCUT2D eigenvalue weighted by molar-refractivity contribution is 7.91. The number of anilines is 1. The molecule has 0 saturated heterocycles. The maximum Gasteiger partial charge on any atom is 0.268 e. The molecule has 2 aromatic carbocycles. The first-order valence-electron chi connectivity index (χ1n) is 11.0. The Morgan fingerprint density at radius 2 is 1.83 bits per heavy atom. The molecule has 0 aliphatic rings. The lowest BCUT2D eigenvalue weighted by molar-refractivity contribution is -0.112. The molecule has 0 bridgehead atoms. The van der Waals surface area contributed by atoms with Crippen LogP contribution in [0.4, 0.5) is 5.13 Å². The zero-order chi connectivity index (χ0) is 26.3. The minimum Gasteiger partial charge on any atom is -0.490 e. The van der Waals surface area contributed by atoms with Crippen LogP contribution in [0.3, 0.4) is 0 Å². The lowest BCUT2D eigenvalue weighted by Gasteiger charge is -2.11. The van der Waals surface area contributed by atoms with Gasteiger partial charge in [0, 0.05) is 11.5 Å². The Labute approximate surface area is 214 Å². The van der Waals surface area contributed by atoms with E-state index in [4.69, 9.17) is 9.47 Å². The standard InChI is InChI=1S/C25H26N4O5S2/c1-16(2)36(31,32)25-28-24(35-29-25)27-23(30)20(15-26)14-19-6-8-21(9-7-19)33-11-12-34-22-10-5-17(3)13-18(22)4/h5-10,13-14,16H,11-12H2,1-4H3,(H,27,28,29,30). The van der Waals surface area contributed by atoms with Crippen molar-refractivity contribution in [3.8, 4) is 17.6 Å². The molecule has 0 aliphatic heterocycles. The summed E-state index contributed by atoms with van der Waals surface area (Å²) in [4.78, 5) is 16.4. The van der Waals surface area contributed by atoms with Gasteiger partial charge in [0.15, 0.2) is 0 Å². The van der Waals surface area contributed by atoms with E-state index in [0.29, 0.717) is 24.5 Å². The van der Waals surface area contributed by atoms with Crippen LogP contribution in [-0.2, 0) is 14.6 Å². The van der Waals surface area contributed by atoms with Gasteiger partial charge < -0.3 is 9.47 Å². The van der Waals surface area contributed by atoms with Gasteiger partial charge in [-0.1, -0.05) is 29.8 Å². The van der Waals surface area contributed by atoms with Crippen molar-refractivity contribution < 1.29 is 22.7 Å². The fraction of sp³-hybridized carbons (Fsp3) is 0.280. The zero-order valence-corrected chi connectivity index (χ0v) is 21.9. The summed E-state index contributed by atoms with van der Waals surface area (Å²) < 4.78 is 39.6. The predicted molar refractivity (Wildman–Crippen MR) is 138 cm³/mol. The monoisotopic (exact) mass is 526 g/mol. The van der Waals surface area contributed by atoms with Crippen LogP contribution in [0.15, 0.2) is 53.2 Å². The van der Waals surface area contributed by atoms with E-state index in [1.165, 1.54) is 25.5 Å². The van der Waals surface area contributed by atoms with Gasteiger partial charge in [-0.15, -0.1) is 0 Å². The van der Waals surface area contributed by atoms with Gasteiger partial charge in [-0.2, -0.15) is 14.6 Å². The molecule has 0 atom stereocenters. The number of aromatic nitrogens is 2. The minimum atomic E-state index is -3.66. The third-order valence-corrected chi connectivity index (χ3v) is 7.68. The molecule has 0 aliphatic carbocycles. The van der Waals surface area contributed by atoms with Crippen molar-refractivity contribution in [1.29, 1.82) is 5.26 Å². The number of hydrogen-bond acceptors (Lipinski definition) is 9. The summed E-state index contributed by atoms with van der Waals surface area (Å²) in [5.41, 5.74) is 2.68. The van der Waals surface area contributed by atoms with Crippen LogP contribution in [-0.4, -0.2) is 42.1 Å². The highest BCUT2D eigenvalue weighted by Crippen LogP contribution is 2.21. The molecule has 3 aromatic rings. The molecule has 0 spiro atoms. The first-order valence-corrected chi connectivity index (χ1v) is 13.4. The van der Waals surface area contributed by atoms with Crippen LogP contribution in [0, 0.1) is 25.2 Å². The van der Waals surface area contributed by atoms with Crippen molar-refractivity contribution in [3.05, 3.63) is 64.7 Å². The fourth-order valence-electron chi connectivity index (χ4n) is 3.00. The predicted octanol–water partition coefficient (Wildman–Crippen LogP) is 4.34. The SMILES string of the molecule is Cc1ccc(OCCOc2ccc(C=C(C#N)C(=O)Nc3nc(S(=O)(=O)C(C)C)ns3)cc2)c(C)c1. The maximum absolute atomic E-state index is 12.5. The summed E-state index contributed by atoms with van der Waals surface area (Å²) in [5.74, 6) is 0.719. The molecule has 1 aromatic heterocycles. The van der Waals surface area contributed by atoms with Gasteiger partial charge in [0.1, 0.15) is 36.4 Å². The Kier molecular flexibility index (Phi) is 8.79. The van der Waals surface area contributed by atoms with E-state index >= 15 is 0 Å². The maximum atomic E-state index is 12.5. The number of nitrogens with one attached hydrogen (secondary N) is 1. The van der Waals surface area contributed by atoms with E-state index in [2.05, 4.69) is 20.7 Å². The van der Waals surface area contributed by atoms with Crippen LogP contribution >= 0.6 is 11.5 Å². The third kappa shape index (κ3) is 6.90. The largest absolute Gasteiger partial charge is 0.490 e. The number of hydrogen-bond donors (Lipinski definition) is 1. The number of carbonyl (C=O) groups is 1. The second-order valence-corrected chi connectivity index (χ2v) is 11.3. The number of benzene rings is 2. The summed E-state index contributed by atoms with van der Waals surface area (Å²) in [6.07, 6.45) is 1.41. The zero-order valence-electron chi connectivity index (χ0n) is 20.3. The number of aryl methyl sites for hydroxylation is 2. The van der Waals surface area contributed by atoms with Crippen LogP contribution in [0.5, 0.6) is 11.5 Å². The molecule has 0 unspecified atom stereocenters. The van der Waals surface area contributed by atoms with E-state index in [1.807, 2.05) is 32.0 Å². The highest BCUT2D eigenvalue weighted by atomic mass is 32.2. The van der Waals surface area contributed by atoms with Crippen LogP contribution in [0.2, 0.25) is 0 Å². The average Bonchev–Trinajstić information content (AvgIpc) is 3.31. The van der Waals surface area contributed by atoms with Crippen molar-refractivity contribution in [2.75, 3.05) is 18.5 Å². The molecule has 1 N–H and O–H groups in total. The smallest absolute Gasteiger partial charge is 0.268 e. The number of ether oxygens (including phenoxy) is 2. The van der Waals surface area contributed by atoms with E-state index in [1.54, 1.807) is 24.3 Å². The summed E-state index contributed by atoms with van der Waals surface area (Å²) in [6.45, 7) is 7.79. The molecule has 0 saturated carbocycles. The molecule has 1 amide bonds. The van der Waals surface area contributed by atoms with Crippen molar-refractivity contribution in [2.45, 2.75) is 38.1 Å². The Morgan fingerprint density at radius 3 is 2.47 bits per heavy atom. The Hall–Kier alpha value is -3.75. The summed E-state index contributed by atoms with van der Waals surface area (Å²) in [7, 11) is -3.66. The lowest BCUT2D eigenvalue weighted by atomic mass is 10.1. The number of carbonyl (C=O) groups excluding carboxylic acids is 1. The third-order valence-electron chi connectivity index (χ3n) is 5.00. The number of nitriles is 1. The van der Waals surface area contributed by atoms with Gasteiger partial charge in [0.05, 0.1) is 5.25 Å². The van der Waals surface area contributed by atoms with E-state index in [0.717, 1.165) is 22.8 Å². The topological polar surface area (TPSA) is 131 Å². The molecular weight excluding hydrogens is 500 g/mol. The molecule has 11 heteroatoms. The molecule has 188 valence electrons. The highest BCUT2D eigenvalue weighted by Gasteiger charge is 2.25. The van der Waals surface area contributed by atoms with Gasteiger partial charge >= 0.3 is 0 Å². The molecule has 1 heterocycles. The van der Waals surface area contributed by atoms with Crippen molar-refractivity contribution in [2.24, 2.45) is 0 Å². The molecule has 3 rings (SSSR count). The number of nitrogens with zero attached hydrogens (tertiary/aromatic N) is 3. The molecular formula is C25H26N4O5S2. The van der Waals surface area contributed by atoms with E-state index in [-0.39, 0.29) is 15.9 Å². The van der Waals surface area contributed by atoms with Crippen LogP contribution in [0.25, 0.3) is 6.08 Å². The quantitative estimate of drug-likeness (QED) is 0.234. The van der Waals surface area contributed by atoms with Gasteiger partial charge in [-0.05, 0) is 63.1 Å². The second kappa shape index (κ2) is 11.8. The summed E-state index contributed by atoms with van der Waals surface area (Å²) in [5, 5.41) is 10.8. The van der Waals surface area contributed by atoms with Crippen LogP contribution < -0.4 is 14.8 Å². The molecule has 0 radical (unpaired) electrons. The summed E-state index contributed by atoms with van der Waals surface area (Å²) in [6, 6.07) is 14.7. The van der Waals surface area contributed by atoms with E-state index in [9.17, 15) is 18.5 Å². The van der Waals surface area contributed by atoms with Gasteiger partial charge in [0.2, 0.25) is 15.0 Å². The Morgan fingerprint density at radius 1 is 1.14 bits per heavy atom.